The van der Waals surface area contributed by atoms with Crippen molar-refractivity contribution in [1.29, 1.82) is 0 Å². The van der Waals surface area contributed by atoms with Crippen molar-refractivity contribution in [3.63, 3.8) is 0 Å². The van der Waals surface area contributed by atoms with E-state index < -0.39 is 6.10 Å². The van der Waals surface area contributed by atoms with Gasteiger partial charge in [0.15, 0.2) is 0 Å². The first-order chi connectivity index (χ1) is 8.40. The predicted octanol–water partition coefficient (Wildman–Crippen LogP) is 3.81. The fourth-order valence-electron chi connectivity index (χ4n) is 2.19. The van der Waals surface area contributed by atoms with Crippen LogP contribution in [-0.2, 0) is 0 Å². The summed E-state index contributed by atoms with van der Waals surface area (Å²) in [5.74, 6) is 0.722. The molecular formula is C14H19Cl2NO. The van der Waals surface area contributed by atoms with E-state index in [9.17, 15) is 5.11 Å². The first kappa shape index (κ1) is 14.1. The van der Waals surface area contributed by atoms with Crippen molar-refractivity contribution in [2.75, 3.05) is 6.54 Å². The van der Waals surface area contributed by atoms with Crippen LogP contribution in [0.15, 0.2) is 18.2 Å². The molecular weight excluding hydrogens is 269 g/mol. The fourth-order valence-corrected chi connectivity index (χ4v) is 2.61. The molecule has 2 nitrogen and oxygen atoms in total. The highest BCUT2D eigenvalue weighted by atomic mass is 35.5. The normalized spacial score (nSPS) is 17.8. The smallest absolute Gasteiger partial charge is 0.0929 e. The van der Waals surface area contributed by atoms with Crippen molar-refractivity contribution in [3.05, 3.63) is 33.8 Å². The Morgan fingerprint density at radius 3 is 2.67 bits per heavy atom. The lowest BCUT2D eigenvalue weighted by Crippen LogP contribution is -2.43. The van der Waals surface area contributed by atoms with E-state index in [2.05, 4.69) is 19.2 Å². The summed E-state index contributed by atoms with van der Waals surface area (Å²) in [4.78, 5) is 0. The monoisotopic (exact) mass is 287 g/mol. The molecule has 0 aliphatic heterocycles. The molecule has 0 saturated heterocycles. The Bertz CT molecular complexity index is 430. The van der Waals surface area contributed by atoms with Crippen LogP contribution in [0.3, 0.4) is 0 Å². The quantitative estimate of drug-likeness (QED) is 0.863. The largest absolute Gasteiger partial charge is 0.387 e. The van der Waals surface area contributed by atoms with Crippen molar-refractivity contribution in [1.82, 2.24) is 5.32 Å². The van der Waals surface area contributed by atoms with Crippen LogP contribution in [0.2, 0.25) is 10.0 Å². The standard InChI is InChI=1S/C14H19Cl2NO/c1-14(2,9-3-4-9)17-8-13(18)11-7-10(15)5-6-12(11)16/h5-7,9,13,17-18H,3-4,8H2,1-2H3. The Morgan fingerprint density at radius 2 is 2.06 bits per heavy atom. The number of aliphatic hydroxyl groups excluding tert-OH is 1. The van der Waals surface area contributed by atoms with Crippen LogP contribution in [0, 0.1) is 5.92 Å². The van der Waals surface area contributed by atoms with Gasteiger partial charge in [0.1, 0.15) is 0 Å². The van der Waals surface area contributed by atoms with Gasteiger partial charge in [-0.1, -0.05) is 23.2 Å². The van der Waals surface area contributed by atoms with Gasteiger partial charge in [-0.25, -0.2) is 0 Å². The minimum Gasteiger partial charge on any atom is -0.387 e. The number of hydrogen-bond acceptors (Lipinski definition) is 2. The van der Waals surface area contributed by atoms with E-state index in [4.69, 9.17) is 23.2 Å². The fraction of sp³-hybridized carbons (Fsp3) is 0.571. The lowest BCUT2D eigenvalue weighted by molar-refractivity contribution is 0.157. The van der Waals surface area contributed by atoms with Gasteiger partial charge >= 0.3 is 0 Å². The summed E-state index contributed by atoms with van der Waals surface area (Å²) in [6.07, 6.45) is 1.91. The molecule has 2 rings (SSSR count). The van der Waals surface area contributed by atoms with Gasteiger partial charge in [0, 0.05) is 27.7 Å². The third kappa shape index (κ3) is 3.39. The third-order valence-electron chi connectivity index (χ3n) is 3.67. The molecule has 1 saturated carbocycles. The van der Waals surface area contributed by atoms with Crippen molar-refractivity contribution in [2.45, 2.75) is 38.3 Å². The van der Waals surface area contributed by atoms with Gasteiger partial charge in [0.25, 0.3) is 0 Å². The molecule has 0 bridgehead atoms. The van der Waals surface area contributed by atoms with Gasteiger partial charge < -0.3 is 10.4 Å². The third-order valence-corrected chi connectivity index (χ3v) is 4.25. The number of halogens is 2. The Morgan fingerprint density at radius 1 is 1.39 bits per heavy atom. The van der Waals surface area contributed by atoms with Crippen molar-refractivity contribution < 1.29 is 5.11 Å². The summed E-state index contributed by atoms with van der Waals surface area (Å²) in [7, 11) is 0. The van der Waals surface area contributed by atoms with E-state index in [0.29, 0.717) is 22.2 Å². The first-order valence-electron chi connectivity index (χ1n) is 6.28. The van der Waals surface area contributed by atoms with Gasteiger partial charge in [-0.05, 0) is 50.8 Å². The van der Waals surface area contributed by atoms with Crippen molar-refractivity contribution in [2.24, 2.45) is 5.92 Å². The van der Waals surface area contributed by atoms with Crippen LogP contribution in [0.1, 0.15) is 38.4 Å². The molecule has 1 aliphatic carbocycles. The zero-order chi connectivity index (χ0) is 13.3. The molecule has 18 heavy (non-hydrogen) atoms. The van der Waals surface area contributed by atoms with Gasteiger partial charge in [0.05, 0.1) is 6.10 Å². The van der Waals surface area contributed by atoms with Gasteiger partial charge in [-0.3, -0.25) is 0 Å². The summed E-state index contributed by atoms with van der Waals surface area (Å²) < 4.78 is 0. The maximum Gasteiger partial charge on any atom is 0.0929 e. The average Bonchev–Trinajstić information content (AvgIpc) is 3.13. The van der Waals surface area contributed by atoms with Crippen LogP contribution in [0.5, 0.6) is 0 Å². The summed E-state index contributed by atoms with van der Waals surface area (Å²) >= 11 is 12.0. The zero-order valence-electron chi connectivity index (χ0n) is 10.7. The number of nitrogens with one attached hydrogen (secondary N) is 1. The summed E-state index contributed by atoms with van der Waals surface area (Å²) in [6, 6.07) is 5.16. The molecule has 0 heterocycles. The summed E-state index contributed by atoms with van der Waals surface area (Å²) in [6.45, 7) is 4.84. The molecule has 0 amide bonds. The average molecular weight is 288 g/mol. The number of β-amino-alcohol motifs (C(OH)–C–C–N with tert-alkyl or cyclic N) is 1. The van der Waals surface area contributed by atoms with Gasteiger partial charge in [-0.15, -0.1) is 0 Å². The molecule has 1 unspecified atom stereocenters. The van der Waals surface area contributed by atoms with Crippen LogP contribution in [-0.4, -0.2) is 17.2 Å². The number of rotatable bonds is 5. The molecule has 1 aliphatic rings. The minimum absolute atomic E-state index is 0.0754. The molecule has 100 valence electrons. The van der Waals surface area contributed by atoms with Gasteiger partial charge in [0.2, 0.25) is 0 Å². The van der Waals surface area contributed by atoms with Crippen LogP contribution in [0.4, 0.5) is 0 Å². The number of benzene rings is 1. The molecule has 1 aromatic carbocycles. The van der Waals surface area contributed by atoms with E-state index in [0.717, 1.165) is 5.92 Å². The lowest BCUT2D eigenvalue weighted by atomic mass is 9.98. The van der Waals surface area contributed by atoms with Crippen LogP contribution >= 0.6 is 23.2 Å². The summed E-state index contributed by atoms with van der Waals surface area (Å²) in [5, 5.41) is 14.7. The molecule has 2 N–H and O–H groups in total. The predicted molar refractivity (Wildman–Crippen MR) is 76.2 cm³/mol. The maximum atomic E-state index is 10.2. The topological polar surface area (TPSA) is 32.3 Å². The van der Waals surface area contributed by atoms with E-state index in [-0.39, 0.29) is 5.54 Å². The van der Waals surface area contributed by atoms with E-state index >= 15 is 0 Å². The van der Waals surface area contributed by atoms with Gasteiger partial charge in [-0.2, -0.15) is 0 Å². The second-order valence-electron chi connectivity index (χ2n) is 5.56. The Balaban J connectivity index is 1.98. The molecule has 1 fully saturated rings. The van der Waals surface area contributed by atoms with E-state index in [1.165, 1.54) is 12.8 Å². The molecule has 1 atom stereocenters. The summed E-state index contributed by atoms with van der Waals surface area (Å²) in [5.41, 5.74) is 0.759. The SMILES string of the molecule is CC(C)(NCC(O)c1cc(Cl)ccc1Cl)C1CC1. The Hall–Kier alpha value is -0.280. The molecule has 0 spiro atoms. The maximum absolute atomic E-state index is 10.2. The van der Waals surface area contributed by atoms with Crippen molar-refractivity contribution in [3.8, 4) is 0 Å². The minimum atomic E-state index is -0.630. The molecule has 0 aromatic heterocycles. The lowest BCUT2D eigenvalue weighted by Gasteiger charge is -2.28. The van der Waals surface area contributed by atoms with E-state index in [1.54, 1.807) is 18.2 Å². The van der Waals surface area contributed by atoms with Crippen LogP contribution < -0.4 is 5.32 Å². The highest BCUT2D eigenvalue weighted by Gasteiger charge is 2.37. The molecule has 4 heteroatoms. The molecule has 1 aromatic rings. The van der Waals surface area contributed by atoms with E-state index in [1.807, 2.05) is 0 Å². The second-order valence-corrected chi connectivity index (χ2v) is 6.40. The van der Waals surface area contributed by atoms with Crippen molar-refractivity contribution >= 4 is 23.2 Å². The molecule has 0 radical (unpaired) electrons. The zero-order valence-corrected chi connectivity index (χ0v) is 12.2. The Kier molecular flexibility index (Phi) is 4.22. The number of hydrogen-bond donors (Lipinski definition) is 2. The van der Waals surface area contributed by atoms with Crippen LogP contribution in [0.25, 0.3) is 0 Å². The first-order valence-corrected chi connectivity index (χ1v) is 7.04. The highest BCUT2D eigenvalue weighted by Crippen LogP contribution is 2.39. The Labute approximate surface area is 118 Å². The number of aliphatic hydroxyl groups is 1. The second kappa shape index (κ2) is 5.38. The highest BCUT2D eigenvalue weighted by molar-refractivity contribution is 6.33.